The molecule has 3 aromatic carbocycles. The largest absolute Gasteiger partial charge is 0.467 e. The van der Waals surface area contributed by atoms with Crippen LogP contribution in [0.2, 0.25) is 0 Å². The summed E-state index contributed by atoms with van der Waals surface area (Å²) in [4.78, 5) is 38.0. The number of hydrogen-bond acceptors (Lipinski definition) is 8. The maximum Gasteiger partial charge on any atom is 0.408 e. The van der Waals surface area contributed by atoms with Crippen LogP contribution in [-0.2, 0) is 48.4 Å². The predicted molar refractivity (Wildman–Crippen MR) is 133 cm³/mol. The van der Waals surface area contributed by atoms with Gasteiger partial charge in [-0.05, 0) is 16.7 Å². The van der Waals surface area contributed by atoms with E-state index in [1.54, 1.807) is 72.8 Å². The van der Waals surface area contributed by atoms with Crippen molar-refractivity contribution in [2.75, 3.05) is 7.11 Å². The Morgan fingerprint density at radius 2 is 1.16 bits per heavy atom. The topological polar surface area (TPSA) is 120 Å². The van der Waals surface area contributed by atoms with Gasteiger partial charge < -0.3 is 29.4 Å². The van der Waals surface area contributed by atoms with E-state index in [-0.39, 0.29) is 19.8 Å². The first kappa shape index (κ1) is 27.4. The van der Waals surface area contributed by atoms with Crippen molar-refractivity contribution in [3.8, 4) is 0 Å². The number of hydrogen-bond donors (Lipinski definition) is 2. The van der Waals surface area contributed by atoms with Gasteiger partial charge in [0.15, 0.2) is 12.1 Å². The third-order valence-electron chi connectivity index (χ3n) is 5.33. The van der Waals surface area contributed by atoms with Crippen LogP contribution in [0.15, 0.2) is 91.0 Å². The minimum absolute atomic E-state index is 0.0620. The van der Waals surface area contributed by atoms with Gasteiger partial charge in [-0.25, -0.2) is 14.4 Å². The SMILES string of the molecule is COC(=O)[C@@H](O)[C@@H](OCc1ccccc1)[C@H](NC(=O)OCc1ccccc1)C(=O)OCc1ccccc1. The van der Waals surface area contributed by atoms with Crippen LogP contribution in [-0.4, -0.2) is 48.5 Å². The van der Waals surface area contributed by atoms with Crippen LogP contribution in [0.1, 0.15) is 16.7 Å². The number of ether oxygens (including phenoxy) is 4. The van der Waals surface area contributed by atoms with Crippen LogP contribution in [0.25, 0.3) is 0 Å². The first-order valence-electron chi connectivity index (χ1n) is 11.6. The summed E-state index contributed by atoms with van der Waals surface area (Å²) in [6.07, 6.45) is -4.41. The maximum atomic E-state index is 13.2. The number of methoxy groups -OCH3 is 1. The summed E-state index contributed by atoms with van der Waals surface area (Å²) in [6, 6.07) is 25.2. The van der Waals surface area contributed by atoms with Crippen molar-refractivity contribution < 1.29 is 38.4 Å². The Balaban J connectivity index is 1.79. The van der Waals surface area contributed by atoms with Gasteiger partial charge in [-0.15, -0.1) is 0 Å². The van der Waals surface area contributed by atoms with Crippen LogP contribution in [0.5, 0.6) is 0 Å². The smallest absolute Gasteiger partial charge is 0.408 e. The average molecular weight is 508 g/mol. The Morgan fingerprint density at radius 1 is 0.703 bits per heavy atom. The van der Waals surface area contributed by atoms with Crippen molar-refractivity contribution in [2.45, 2.75) is 38.1 Å². The summed E-state index contributed by atoms with van der Waals surface area (Å²) in [5.41, 5.74) is 2.15. The van der Waals surface area contributed by atoms with Gasteiger partial charge in [0.2, 0.25) is 0 Å². The summed E-state index contributed by atoms with van der Waals surface area (Å²) in [5.74, 6) is -1.97. The Labute approximate surface area is 214 Å². The van der Waals surface area contributed by atoms with Crippen LogP contribution in [0.4, 0.5) is 4.79 Å². The molecular weight excluding hydrogens is 478 g/mol. The van der Waals surface area contributed by atoms with Crippen LogP contribution >= 0.6 is 0 Å². The van der Waals surface area contributed by atoms with Gasteiger partial charge in [-0.1, -0.05) is 91.0 Å². The second-order valence-corrected chi connectivity index (χ2v) is 8.01. The summed E-state index contributed by atoms with van der Waals surface area (Å²) in [7, 11) is 1.09. The van der Waals surface area contributed by atoms with Gasteiger partial charge in [-0.2, -0.15) is 0 Å². The van der Waals surface area contributed by atoms with E-state index < -0.39 is 36.3 Å². The number of benzene rings is 3. The Bertz CT molecular complexity index is 1120. The fourth-order valence-corrected chi connectivity index (χ4v) is 3.38. The van der Waals surface area contributed by atoms with E-state index in [1.807, 2.05) is 18.2 Å². The molecular formula is C28H29NO8. The van der Waals surface area contributed by atoms with Crippen molar-refractivity contribution >= 4 is 18.0 Å². The lowest BCUT2D eigenvalue weighted by atomic mass is 10.0. The number of amides is 1. The first-order valence-corrected chi connectivity index (χ1v) is 11.6. The highest BCUT2D eigenvalue weighted by molar-refractivity contribution is 5.84. The van der Waals surface area contributed by atoms with Gasteiger partial charge in [0, 0.05) is 0 Å². The molecule has 0 aliphatic carbocycles. The normalized spacial score (nSPS) is 13.0. The van der Waals surface area contributed by atoms with Crippen molar-refractivity contribution in [2.24, 2.45) is 0 Å². The molecule has 1 amide bonds. The molecule has 194 valence electrons. The average Bonchev–Trinajstić information content (AvgIpc) is 2.95. The molecule has 0 bridgehead atoms. The van der Waals surface area contributed by atoms with Crippen LogP contribution < -0.4 is 5.32 Å². The molecule has 9 nitrogen and oxygen atoms in total. The third kappa shape index (κ3) is 8.75. The molecule has 0 aliphatic rings. The van der Waals surface area contributed by atoms with E-state index in [1.165, 1.54) is 0 Å². The monoisotopic (exact) mass is 507 g/mol. The van der Waals surface area contributed by atoms with E-state index in [0.29, 0.717) is 11.1 Å². The molecule has 0 saturated heterocycles. The van der Waals surface area contributed by atoms with Gasteiger partial charge in [0.05, 0.1) is 13.7 Å². The molecule has 3 aromatic rings. The molecule has 0 radical (unpaired) electrons. The summed E-state index contributed by atoms with van der Waals surface area (Å²) in [6.45, 7) is -0.229. The summed E-state index contributed by atoms with van der Waals surface area (Å²) < 4.78 is 21.1. The zero-order valence-electron chi connectivity index (χ0n) is 20.3. The Hall–Kier alpha value is -4.21. The minimum Gasteiger partial charge on any atom is -0.467 e. The number of aliphatic hydroxyl groups is 1. The molecule has 0 aliphatic heterocycles. The molecule has 2 N–H and O–H groups in total. The van der Waals surface area contributed by atoms with Crippen molar-refractivity contribution in [3.05, 3.63) is 108 Å². The number of rotatable bonds is 12. The van der Waals surface area contributed by atoms with Crippen LogP contribution in [0, 0.1) is 0 Å². The van der Waals surface area contributed by atoms with E-state index in [9.17, 15) is 19.5 Å². The zero-order valence-corrected chi connectivity index (χ0v) is 20.3. The Kier molecular flexibility index (Phi) is 10.6. The maximum absolute atomic E-state index is 13.2. The highest BCUT2D eigenvalue weighted by Crippen LogP contribution is 2.15. The summed E-state index contributed by atoms with van der Waals surface area (Å²) in [5, 5.41) is 13.1. The third-order valence-corrected chi connectivity index (χ3v) is 5.33. The van der Waals surface area contributed by atoms with E-state index in [0.717, 1.165) is 12.7 Å². The lowest BCUT2D eigenvalue weighted by Gasteiger charge is -2.29. The van der Waals surface area contributed by atoms with Gasteiger partial charge in [-0.3, -0.25) is 0 Å². The van der Waals surface area contributed by atoms with Gasteiger partial charge in [0.25, 0.3) is 0 Å². The second kappa shape index (κ2) is 14.4. The number of carbonyl (C=O) groups is 3. The van der Waals surface area contributed by atoms with Gasteiger partial charge >= 0.3 is 18.0 Å². The molecule has 0 heterocycles. The minimum atomic E-state index is -1.91. The fraction of sp³-hybridized carbons (Fsp3) is 0.250. The molecule has 9 heteroatoms. The molecule has 0 aromatic heterocycles. The van der Waals surface area contributed by atoms with Crippen molar-refractivity contribution in [1.82, 2.24) is 5.32 Å². The molecule has 0 saturated carbocycles. The molecule has 3 atom stereocenters. The highest BCUT2D eigenvalue weighted by Gasteiger charge is 2.41. The highest BCUT2D eigenvalue weighted by atomic mass is 16.6. The molecule has 0 spiro atoms. The molecule has 0 fully saturated rings. The quantitative estimate of drug-likeness (QED) is 0.283. The number of alkyl carbamates (subject to hydrolysis) is 1. The number of esters is 2. The number of carbonyl (C=O) groups excluding carboxylic acids is 3. The lowest BCUT2D eigenvalue weighted by molar-refractivity contribution is -0.168. The predicted octanol–water partition coefficient (Wildman–Crippen LogP) is 3.14. The number of aliphatic hydroxyl groups excluding tert-OH is 1. The molecule has 37 heavy (non-hydrogen) atoms. The van der Waals surface area contributed by atoms with E-state index in [2.05, 4.69) is 10.1 Å². The fourth-order valence-electron chi connectivity index (χ4n) is 3.38. The van der Waals surface area contributed by atoms with E-state index in [4.69, 9.17) is 14.2 Å². The zero-order chi connectivity index (χ0) is 26.5. The summed E-state index contributed by atoms with van der Waals surface area (Å²) >= 11 is 0. The second-order valence-electron chi connectivity index (χ2n) is 8.01. The van der Waals surface area contributed by atoms with Crippen molar-refractivity contribution in [3.63, 3.8) is 0 Å². The van der Waals surface area contributed by atoms with Crippen LogP contribution in [0.3, 0.4) is 0 Å². The lowest BCUT2D eigenvalue weighted by Crippen LogP contribution is -2.56. The van der Waals surface area contributed by atoms with Crippen molar-refractivity contribution in [1.29, 1.82) is 0 Å². The molecule has 0 unspecified atom stereocenters. The molecule has 3 rings (SSSR count). The first-order chi connectivity index (χ1) is 18.0. The standard InChI is InChI=1S/C28H29NO8/c1-34-27(32)24(30)25(35-17-20-11-5-2-6-12-20)23(26(31)36-18-21-13-7-3-8-14-21)29-28(33)37-19-22-15-9-4-10-16-22/h2-16,23-25,30H,17-19H2,1H3,(H,29,33)/t23-,24-,25-/m0/s1. The number of nitrogens with one attached hydrogen (secondary N) is 1. The Morgan fingerprint density at radius 3 is 1.65 bits per heavy atom. The van der Waals surface area contributed by atoms with Gasteiger partial charge in [0.1, 0.15) is 19.3 Å². The van der Waals surface area contributed by atoms with E-state index >= 15 is 0 Å².